The summed E-state index contributed by atoms with van der Waals surface area (Å²) in [6, 6.07) is 4.32. The lowest BCUT2D eigenvalue weighted by Crippen LogP contribution is -2.26. The average Bonchev–Trinajstić information content (AvgIpc) is 2.40. The average molecular weight is 249 g/mol. The van der Waals surface area contributed by atoms with Crippen LogP contribution in [-0.2, 0) is 6.54 Å². The number of terminal acetylenes is 1. The van der Waals surface area contributed by atoms with Crippen molar-refractivity contribution in [2.45, 2.75) is 25.9 Å². The Bertz CT molecular complexity index is 480. The number of benzene rings is 1. The Morgan fingerprint density at radius 2 is 2.39 bits per heavy atom. The molecule has 0 radical (unpaired) electrons. The first-order valence-electron chi connectivity index (χ1n) is 5.58. The van der Waals surface area contributed by atoms with E-state index in [2.05, 4.69) is 16.4 Å². The minimum Gasteiger partial charge on any atom is -0.409 e. The van der Waals surface area contributed by atoms with Crippen molar-refractivity contribution in [2.24, 2.45) is 10.9 Å². The Balaban J connectivity index is 2.78. The van der Waals surface area contributed by atoms with Crippen LogP contribution in [0.3, 0.4) is 0 Å². The highest BCUT2D eigenvalue weighted by molar-refractivity contribution is 5.97. The van der Waals surface area contributed by atoms with Crippen molar-refractivity contribution < 1.29 is 9.60 Å². The summed E-state index contributed by atoms with van der Waals surface area (Å²) in [4.78, 5) is 0. The van der Waals surface area contributed by atoms with Crippen LogP contribution < -0.4 is 11.1 Å². The third-order valence-electron chi connectivity index (χ3n) is 2.60. The van der Waals surface area contributed by atoms with Crippen LogP contribution in [0.4, 0.5) is 4.39 Å². The van der Waals surface area contributed by atoms with Gasteiger partial charge in [-0.05, 0) is 12.5 Å². The summed E-state index contributed by atoms with van der Waals surface area (Å²) >= 11 is 0. The zero-order chi connectivity index (χ0) is 13.5. The van der Waals surface area contributed by atoms with Crippen molar-refractivity contribution in [2.75, 3.05) is 0 Å². The van der Waals surface area contributed by atoms with Crippen LogP contribution in [0, 0.1) is 18.2 Å². The van der Waals surface area contributed by atoms with Gasteiger partial charge in [0.2, 0.25) is 0 Å². The number of nitrogens with zero attached hydrogens (tertiary/aromatic N) is 1. The lowest BCUT2D eigenvalue weighted by molar-refractivity contribution is 0.318. The maximum absolute atomic E-state index is 13.7. The normalized spacial score (nSPS) is 13.1. The molecule has 0 aromatic heterocycles. The molecule has 0 aliphatic carbocycles. The summed E-state index contributed by atoms with van der Waals surface area (Å²) in [5, 5.41) is 14.4. The van der Waals surface area contributed by atoms with E-state index in [1.54, 1.807) is 12.1 Å². The smallest absolute Gasteiger partial charge is 0.170 e. The molecular formula is C13H16FN3O. The molecule has 0 aliphatic heterocycles. The zero-order valence-corrected chi connectivity index (χ0v) is 10.2. The van der Waals surface area contributed by atoms with Gasteiger partial charge in [0.25, 0.3) is 0 Å². The highest BCUT2D eigenvalue weighted by Gasteiger charge is 2.08. The third kappa shape index (κ3) is 3.47. The second kappa shape index (κ2) is 6.62. The van der Waals surface area contributed by atoms with Crippen LogP contribution >= 0.6 is 0 Å². The number of hydrogen-bond donors (Lipinski definition) is 3. The number of amidine groups is 1. The first-order chi connectivity index (χ1) is 8.62. The number of oxime groups is 1. The van der Waals surface area contributed by atoms with E-state index in [9.17, 15) is 4.39 Å². The Hall–Kier alpha value is -2.06. The minimum atomic E-state index is -0.418. The molecule has 0 saturated carbocycles. The third-order valence-corrected chi connectivity index (χ3v) is 2.60. The summed E-state index contributed by atoms with van der Waals surface area (Å²) in [5.41, 5.74) is 6.19. The van der Waals surface area contributed by atoms with Crippen LogP contribution in [0.2, 0.25) is 0 Å². The molecule has 5 heteroatoms. The summed E-state index contributed by atoms with van der Waals surface area (Å²) in [6.07, 6.45) is 6.08. The maximum Gasteiger partial charge on any atom is 0.170 e. The molecule has 1 unspecified atom stereocenters. The minimum absolute atomic E-state index is 0.0758. The second-order valence-electron chi connectivity index (χ2n) is 3.80. The first kappa shape index (κ1) is 14.0. The molecule has 4 N–H and O–H groups in total. The monoisotopic (exact) mass is 249 g/mol. The standard InChI is InChI=1S/C13H16FN3O/c1-3-11(4-2)16-8-10-6-5-9(7-12(10)14)13(15)17-18/h1,5-7,11,16,18H,4,8H2,2H3,(H2,15,17). The Labute approximate surface area is 106 Å². The molecule has 0 saturated heterocycles. The number of hydrogen-bond acceptors (Lipinski definition) is 3. The molecule has 1 rings (SSSR count). The Kier molecular flexibility index (Phi) is 5.15. The Morgan fingerprint density at radius 3 is 2.89 bits per heavy atom. The van der Waals surface area contributed by atoms with Crippen molar-refractivity contribution in [3.05, 3.63) is 35.1 Å². The fourth-order valence-electron chi connectivity index (χ4n) is 1.46. The van der Waals surface area contributed by atoms with Crippen molar-refractivity contribution in [1.29, 1.82) is 0 Å². The SMILES string of the molecule is C#CC(CC)NCc1ccc(/C(N)=N/O)cc1F. The molecule has 0 fully saturated rings. The predicted molar refractivity (Wildman–Crippen MR) is 68.7 cm³/mol. The summed E-state index contributed by atoms with van der Waals surface area (Å²) in [7, 11) is 0. The maximum atomic E-state index is 13.7. The van der Waals surface area contributed by atoms with E-state index in [-0.39, 0.29) is 11.9 Å². The molecule has 1 aromatic rings. The van der Waals surface area contributed by atoms with Crippen LogP contribution in [0.5, 0.6) is 0 Å². The molecule has 1 atom stereocenters. The molecule has 0 spiro atoms. The van der Waals surface area contributed by atoms with Crippen molar-refractivity contribution in [3.63, 3.8) is 0 Å². The molecule has 0 bridgehead atoms. The Morgan fingerprint density at radius 1 is 1.67 bits per heavy atom. The van der Waals surface area contributed by atoms with E-state index in [0.29, 0.717) is 17.7 Å². The van der Waals surface area contributed by atoms with Gasteiger partial charge < -0.3 is 10.9 Å². The second-order valence-corrected chi connectivity index (χ2v) is 3.80. The number of halogens is 1. The highest BCUT2D eigenvalue weighted by Crippen LogP contribution is 2.10. The van der Waals surface area contributed by atoms with Crippen molar-refractivity contribution >= 4 is 5.84 Å². The van der Waals surface area contributed by atoms with Crippen molar-refractivity contribution in [3.8, 4) is 12.3 Å². The van der Waals surface area contributed by atoms with Gasteiger partial charge in [-0.3, -0.25) is 5.32 Å². The topological polar surface area (TPSA) is 70.6 Å². The number of nitrogens with one attached hydrogen (secondary N) is 1. The van der Waals surface area contributed by atoms with Gasteiger partial charge in [-0.2, -0.15) is 0 Å². The molecule has 1 aromatic carbocycles. The van der Waals surface area contributed by atoms with Gasteiger partial charge in [0.15, 0.2) is 5.84 Å². The molecule has 96 valence electrons. The molecule has 18 heavy (non-hydrogen) atoms. The van der Waals surface area contributed by atoms with Gasteiger partial charge in [0.1, 0.15) is 5.82 Å². The highest BCUT2D eigenvalue weighted by atomic mass is 19.1. The fraction of sp³-hybridized carbons (Fsp3) is 0.308. The van der Waals surface area contributed by atoms with E-state index in [1.807, 2.05) is 6.92 Å². The van der Waals surface area contributed by atoms with E-state index in [4.69, 9.17) is 17.4 Å². The van der Waals surface area contributed by atoms with Gasteiger partial charge in [-0.1, -0.05) is 30.1 Å². The number of nitrogens with two attached hydrogens (primary N) is 1. The molecule has 0 heterocycles. The number of rotatable bonds is 5. The quantitative estimate of drug-likeness (QED) is 0.243. The molecule has 4 nitrogen and oxygen atoms in total. The summed E-state index contributed by atoms with van der Waals surface area (Å²) in [6.45, 7) is 2.29. The van der Waals surface area contributed by atoms with Crippen LogP contribution in [-0.4, -0.2) is 17.1 Å². The summed E-state index contributed by atoms with van der Waals surface area (Å²) in [5.74, 6) is 2.03. The largest absolute Gasteiger partial charge is 0.409 e. The first-order valence-corrected chi connectivity index (χ1v) is 5.58. The van der Waals surface area contributed by atoms with Gasteiger partial charge >= 0.3 is 0 Å². The molecule has 0 aliphatic rings. The van der Waals surface area contributed by atoms with E-state index >= 15 is 0 Å². The van der Waals surface area contributed by atoms with Gasteiger partial charge in [-0.15, -0.1) is 6.42 Å². The van der Waals surface area contributed by atoms with Crippen molar-refractivity contribution in [1.82, 2.24) is 5.32 Å². The molecular weight excluding hydrogens is 233 g/mol. The van der Waals surface area contributed by atoms with E-state index in [1.165, 1.54) is 6.07 Å². The lowest BCUT2D eigenvalue weighted by Gasteiger charge is -2.11. The van der Waals surface area contributed by atoms with Crippen LogP contribution in [0.25, 0.3) is 0 Å². The molecule has 0 amide bonds. The van der Waals surface area contributed by atoms with Gasteiger partial charge in [0, 0.05) is 17.7 Å². The zero-order valence-electron chi connectivity index (χ0n) is 10.2. The van der Waals surface area contributed by atoms with Crippen LogP contribution in [0.15, 0.2) is 23.4 Å². The van der Waals surface area contributed by atoms with Gasteiger partial charge in [0.05, 0.1) is 6.04 Å². The van der Waals surface area contributed by atoms with Crippen LogP contribution in [0.1, 0.15) is 24.5 Å². The predicted octanol–water partition coefficient (Wildman–Crippen LogP) is 1.42. The fourth-order valence-corrected chi connectivity index (χ4v) is 1.46. The lowest BCUT2D eigenvalue weighted by atomic mass is 10.1. The van der Waals surface area contributed by atoms with E-state index in [0.717, 1.165) is 6.42 Å². The summed E-state index contributed by atoms with van der Waals surface area (Å²) < 4.78 is 13.7. The van der Waals surface area contributed by atoms with E-state index < -0.39 is 5.82 Å². The van der Waals surface area contributed by atoms with Gasteiger partial charge in [-0.25, -0.2) is 4.39 Å².